The predicted molar refractivity (Wildman–Crippen MR) is 78.4 cm³/mol. The van der Waals surface area contributed by atoms with Gasteiger partial charge in [-0.3, -0.25) is 0 Å². The molecule has 1 aromatic carbocycles. The Labute approximate surface area is 124 Å². The highest BCUT2D eigenvalue weighted by molar-refractivity contribution is 6.33. The minimum Gasteiger partial charge on any atom is -0.495 e. The molecule has 1 aliphatic heterocycles. The van der Waals surface area contributed by atoms with Crippen LogP contribution in [0.3, 0.4) is 0 Å². The molecule has 0 fully saturated rings. The molecular weight excluding hydrogens is 278 g/mol. The summed E-state index contributed by atoms with van der Waals surface area (Å²) in [5.41, 5.74) is 1.63. The number of methoxy groups -OCH3 is 1. The Hall–Kier alpha value is -1.42. The SMILES string of the molecule is COc1ccc2c(c1Cl)CCN(C(=O)OC(C)(C)C)C2. The maximum Gasteiger partial charge on any atom is 0.410 e. The van der Waals surface area contributed by atoms with Crippen molar-refractivity contribution in [3.8, 4) is 5.75 Å². The largest absolute Gasteiger partial charge is 0.495 e. The first-order valence-electron chi connectivity index (χ1n) is 6.64. The van der Waals surface area contributed by atoms with Gasteiger partial charge in [0.15, 0.2) is 0 Å². The quantitative estimate of drug-likeness (QED) is 0.794. The van der Waals surface area contributed by atoms with Gasteiger partial charge in [0.05, 0.1) is 12.1 Å². The Kier molecular flexibility index (Phi) is 4.14. The van der Waals surface area contributed by atoms with E-state index in [9.17, 15) is 4.79 Å². The fraction of sp³-hybridized carbons (Fsp3) is 0.533. The molecule has 0 radical (unpaired) electrons. The lowest BCUT2D eigenvalue weighted by atomic mass is 9.99. The van der Waals surface area contributed by atoms with Gasteiger partial charge in [-0.15, -0.1) is 0 Å². The van der Waals surface area contributed by atoms with Crippen LogP contribution in [0.1, 0.15) is 31.9 Å². The van der Waals surface area contributed by atoms with Crippen molar-refractivity contribution in [1.82, 2.24) is 4.90 Å². The number of carbonyl (C=O) groups excluding carboxylic acids is 1. The van der Waals surface area contributed by atoms with E-state index in [1.807, 2.05) is 32.9 Å². The second-order valence-electron chi connectivity index (χ2n) is 5.87. The van der Waals surface area contributed by atoms with Crippen molar-refractivity contribution in [1.29, 1.82) is 0 Å². The summed E-state index contributed by atoms with van der Waals surface area (Å²) in [5.74, 6) is 0.677. The minimum absolute atomic E-state index is 0.282. The topological polar surface area (TPSA) is 38.8 Å². The normalized spacial score (nSPS) is 14.8. The molecule has 1 aliphatic rings. The van der Waals surface area contributed by atoms with Gasteiger partial charge in [-0.1, -0.05) is 17.7 Å². The molecule has 0 N–H and O–H groups in total. The van der Waals surface area contributed by atoms with Crippen LogP contribution in [0.4, 0.5) is 4.79 Å². The zero-order valence-corrected chi connectivity index (χ0v) is 13.1. The van der Waals surface area contributed by atoms with Crippen LogP contribution in [0.5, 0.6) is 5.75 Å². The van der Waals surface area contributed by atoms with Crippen LogP contribution >= 0.6 is 11.6 Å². The van der Waals surface area contributed by atoms with Crippen LogP contribution < -0.4 is 4.74 Å². The van der Waals surface area contributed by atoms with Gasteiger partial charge in [-0.2, -0.15) is 0 Å². The molecule has 0 saturated carbocycles. The third kappa shape index (κ3) is 3.18. The highest BCUT2D eigenvalue weighted by Gasteiger charge is 2.27. The van der Waals surface area contributed by atoms with Gasteiger partial charge >= 0.3 is 6.09 Å². The standard InChI is InChI=1S/C15H20ClNO3/c1-15(2,3)20-14(18)17-8-7-11-10(9-17)5-6-12(19-4)13(11)16/h5-6H,7-9H2,1-4H3. The molecule has 2 rings (SSSR count). The monoisotopic (exact) mass is 297 g/mol. The summed E-state index contributed by atoms with van der Waals surface area (Å²) >= 11 is 6.30. The molecule has 1 aromatic rings. The predicted octanol–water partition coefficient (Wildman–Crippen LogP) is 3.64. The second kappa shape index (κ2) is 5.52. The van der Waals surface area contributed by atoms with Crippen molar-refractivity contribution in [3.63, 3.8) is 0 Å². The van der Waals surface area contributed by atoms with Crippen molar-refractivity contribution < 1.29 is 14.3 Å². The summed E-state index contributed by atoms with van der Waals surface area (Å²) < 4.78 is 10.6. The molecule has 1 amide bonds. The van der Waals surface area contributed by atoms with Crippen LogP contribution in [0, 0.1) is 0 Å². The lowest BCUT2D eigenvalue weighted by molar-refractivity contribution is 0.0224. The summed E-state index contributed by atoms with van der Waals surface area (Å²) in [6.45, 7) is 6.72. The Morgan fingerprint density at radius 3 is 2.65 bits per heavy atom. The van der Waals surface area contributed by atoms with E-state index in [0.717, 1.165) is 11.1 Å². The van der Waals surface area contributed by atoms with Gasteiger partial charge in [0.2, 0.25) is 0 Å². The third-order valence-electron chi connectivity index (χ3n) is 3.17. The van der Waals surface area contributed by atoms with Crippen LogP contribution in [-0.4, -0.2) is 30.2 Å². The number of nitrogens with zero attached hydrogens (tertiary/aromatic N) is 1. The zero-order valence-electron chi connectivity index (χ0n) is 12.3. The molecule has 110 valence electrons. The Balaban J connectivity index is 2.16. The maximum atomic E-state index is 12.1. The summed E-state index contributed by atoms with van der Waals surface area (Å²) in [5, 5.41) is 0.647. The van der Waals surface area contributed by atoms with Crippen molar-refractivity contribution in [2.45, 2.75) is 39.3 Å². The molecule has 0 aliphatic carbocycles. The molecule has 0 atom stereocenters. The van der Waals surface area contributed by atoms with Crippen LogP contribution in [0.15, 0.2) is 12.1 Å². The van der Waals surface area contributed by atoms with Gasteiger partial charge in [0, 0.05) is 13.1 Å². The number of hydrogen-bond donors (Lipinski definition) is 0. The van der Waals surface area contributed by atoms with Crippen LogP contribution in [0.2, 0.25) is 5.02 Å². The molecule has 0 bridgehead atoms. The van der Waals surface area contributed by atoms with Gasteiger partial charge in [-0.05, 0) is 44.4 Å². The third-order valence-corrected chi connectivity index (χ3v) is 3.58. The average molecular weight is 298 g/mol. The fourth-order valence-electron chi connectivity index (χ4n) is 2.23. The summed E-state index contributed by atoms with van der Waals surface area (Å²) in [6, 6.07) is 3.79. The Morgan fingerprint density at radius 1 is 1.35 bits per heavy atom. The van der Waals surface area contributed by atoms with Crippen molar-refractivity contribution in [3.05, 3.63) is 28.3 Å². The van der Waals surface area contributed by atoms with Crippen molar-refractivity contribution in [2.75, 3.05) is 13.7 Å². The minimum atomic E-state index is -0.477. The number of carbonyl (C=O) groups is 1. The summed E-state index contributed by atoms with van der Waals surface area (Å²) in [4.78, 5) is 13.8. The lowest BCUT2D eigenvalue weighted by Gasteiger charge is -2.31. The van der Waals surface area contributed by atoms with E-state index in [1.165, 1.54) is 0 Å². The maximum absolute atomic E-state index is 12.1. The van der Waals surface area contributed by atoms with E-state index < -0.39 is 5.60 Å². The number of amides is 1. The van der Waals surface area contributed by atoms with E-state index in [4.69, 9.17) is 21.1 Å². The molecule has 4 nitrogen and oxygen atoms in total. The fourth-order valence-corrected chi connectivity index (χ4v) is 2.59. The van der Waals surface area contributed by atoms with E-state index in [0.29, 0.717) is 30.3 Å². The number of ether oxygens (including phenoxy) is 2. The van der Waals surface area contributed by atoms with Gasteiger partial charge in [0.1, 0.15) is 11.4 Å². The van der Waals surface area contributed by atoms with E-state index >= 15 is 0 Å². The molecule has 0 unspecified atom stereocenters. The van der Waals surface area contributed by atoms with E-state index in [1.54, 1.807) is 12.0 Å². The first kappa shape index (κ1) is 15.0. The molecule has 1 heterocycles. The number of hydrogen-bond acceptors (Lipinski definition) is 3. The number of fused-ring (bicyclic) bond motifs is 1. The lowest BCUT2D eigenvalue weighted by Crippen LogP contribution is -2.40. The van der Waals surface area contributed by atoms with Crippen LogP contribution in [-0.2, 0) is 17.7 Å². The Bertz CT molecular complexity index is 523. The van der Waals surface area contributed by atoms with Crippen molar-refractivity contribution >= 4 is 17.7 Å². The van der Waals surface area contributed by atoms with Gasteiger partial charge in [-0.25, -0.2) is 4.79 Å². The van der Waals surface area contributed by atoms with Crippen molar-refractivity contribution in [2.24, 2.45) is 0 Å². The molecule has 0 aromatic heterocycles. The number of benzene rings is 1. The zero-order chi connectivity index (χ0) is 14.9. The van der Waals surface area contributed by atoms with E-state index in [-0.39, 0.29) is 6.09 Å². The number of halogens is 1. The van der Waals surface area contributed by atoms with Gasteiger partial charge < -0.3 is 14.4 Å². The Morgan fingerprint density at radius 2 is 2.05 bits per heavy atom. The smallest absolute Gasteiger partial charge is 0.410 e. The molecular formula is C15H20ClNO3. The first-order chi connectivity index (χ1) is 9.31. The second-order valence-corrected chi connectivity index (χ2v) is 6.25. The summed E-state index contributed by atoms with van der Waals surface area (Å²) in [7, 11) is 1.60. The van der Waals surface area contributed by atoms with E-state index in [2.05, 4.69) is 0 Å². The molecule has 0 saturated heterocycles. The molecule has 0 spiro atoms. The highest BCUT2D eigenvalue weighted by atomic mass is 35.5. The molecule has 5 heteroatoms. The number of rotatable bonds is 1. The highest BCUT2D eigenvalue weighted by Crippen LogP contribution is 2.34. The summed E-state index contributed by atoms with van der Waals surface area (Å²) in [6.07, 6.45) is 0.431. The van der Waals surface area contributed by atoms with Gasteiger partial charge in [0.25, 0.3) is 0 Å². The first-order valence-corrected chi connectivity index (χ1v) is 7.02. The molecule has 20 heavy (non-hydrogen) atoms. The van der Waals surface area contributed by atoms with Crippen LogP contribution in [0.25, 0.3) is 0 Å². The average Bonchev–Trinajstić information content (AvgIpc) is 2.37.